The lowest BCUT2D eigenvalue weighted by Gasteiger charge is -2.10. The third-order valence-electron chi connectivity index (χ3n) is 3.51. The van der Waals surface area contributed by atoms with Crippen LogP contribution in [0.4, 0.5) is 5.69 Å². The van der Waals surface area contributed by atoms with Crippen molar-refractivity contribution in [3.63, 3.8) is 0 Å². The molecule has 23 heavy (non-hydrogen) atoms. The zero-order valence-electron chi connectivity index (χ0n) is 13.5. The van der Waals surface area contributed by atoms with Crippen LogP contribution in [-0.2, 0) is 16.0 Å². The number of aryl methyl sites for hydroxylation is 2. The first-order chi connectivity index (χ1) is 11.1. The maximum absolute atomic E-state index is 12.1. The molecule has 0 aromatic heterocycles. The minimum Gasteiger partial charge on any atom is -0.462 e. The Hall–Kier alpha value is -2.62. The van der Waals surface area contributed by atoms with Crippen LogP contribution >= 0.6 is 0 Å². The Morgan fingerprint density at radius 1 is 1.09 bits per heavy atom. The lowest BCUT2D eigenvalue weighted by atomic mass is 10.1. The third-order valence-corrected chi connectivity index (χ3v) is 3.51. The first-order valence-electron chi connectivity index (χ1n) is 7.71. The lowest BCUT2D eigenvalue weighted by molar-refractivity contribution is -0.116. The molecule has 0 heterocycles. The van der Waals surface area contributed by atoms with Crippen LogP contribution in [0.5, 0.6) is 0 Å². The summed E-state index contributed by atoms with van der Waals surface area (Å²) in [6, 6.07) is 15.0. The Morgan fingerprint density at radius 2 is 1.83 bits per heavy atom. The summed E-state index contributed by atoms with van der Waals surface area (Å²) >= 11 is 0. The normalized spacial score (nSPS) is 10.2. The second-order valence-corrected chi connectivity index (χ2v) is 5.28. The summed E-state index contributed by atoms with van der Waals surface area (Å²) in [5, 5.41) is 2.87. The molecule has 2 rings (SSSR count). The SMILES string of the molecule is CCOC(=O)c1ccc(C)c(NC(=O)CCc2ccccc2)c1. The topological polar surface area (TPSA) is 55.4 Å². The fourth-order valence-corrected chi connectivity index (χ4v) is 2.21. The van der Waals surface area contributed by atoms with Gasteiger partial charge in [-0.15, -0.1) is 0 Å². The van der Waals surface area contributed by atoms with E-state index < -0.39 is 0 Å². The number of anilines is 1. The number of benzene rings is 2. The summed E-state index contributed by atoms with van der Waals surface area (Å²) in [5.41, 5.74) is 3.12. The lowest BCUT2D eigenvalue weighted by Crippen LogP contribution is -2.14. The molecule has 0 atom stereocenters. The Labute approximate surface area is 136 Å². The van der Waals surface area contributed by atoms with Gasteiger partial charge in [0, 0.05) is 12.1 Å². The molecule has 0 unspecified atom stereocenters. The average molecular weight is 311 g/mol. The van der Waals surface area contributed by atoms with Crippen LogP contribution in [0.25, 0.3) is 0 Å². The fraction of sp³-hybridized carbons (Fsp3) is 0.263. The van der Waals surface area contributed by atoms with E-state index in [-0.39, 0.29) is 11.9 Å². The van der Waals surface area contributed by atoms with Gasteiger partial charge in [0.15, 0.2) is 0 Å². The summed E-state index contributed by atoms with van der Waals surface area (Å²) in [4.78, 5) is 23.9. The molecule has 0 bridgehead atoms. The quantitative estimate of drug-likeness (QED) is 0.827. The van der Waals surface area contributed by atoms with Crippen molar-refractivity contribution in [2.45, 2.75) is 26.7 Å². The van der Waals surface area contributed by atoms with Crippen molar-refractivity contribution in [1.29, 1.82) is 0 Å². The molecule has 1 N–H and O–H groups in total. The molecular formula is C19H21NO3. The number of amides is 1. The molecule has 0 spiro atoms. The second-order valence-electron chi connectivity index (χ2n) is 5.28. The largest absolute Gasteiger partial charge is 0.462 e. The maximum atomic E-state index is 12.1. The number of hydrogen-bond acceptors (Lipinski definition) is 3. The Morgan fingerprint density at radius 3 is 2.52 bits per heavy atom. The number of rotatable bonds is 6. The molecule has 0 radical (unpaired) electrons. The number of ether oxygens (including phenoxy) is 1. The van der Waals surface area contributed by atoms with Crippen molar-refractivity contribution in [1.82, 2.24) is 0 Å². The summed E-state index contributed by atoms with van der Waals surface area (Å²) in [7, 11) is 0. The van der Waals surface area contributed by atoms with E-state index in [4.69, 9.17) is 4.74 Å². The smallest absolute Gasteiger partial charge is 0.338 e. The molecule has 1 amide bonds. The van der Waals surface area contributed by atoms with Crippen molar-refractivity contribution >= 4 is 17.6 Å². The fourth-order valence-electron chi connectivity index (χ4n) is 2.21. The van der Waals surface area contributed by atoms with Crippen LogP contribution in [0.1, 0.15) is 34.8 Å². The van der Waals surface area contributed by atoms with Gasteiger partial charge in [-0.1, -0.05) is 36.4 Å². The molecule has 0 saturated heterocycles. The molecule has 0 aliphatic rings. The zero-order valence-corrected chi connectivity index (χ0v) is 13.5. The van der Waals surface area contributed by atoms with Gasteiger partial charge in [-0.3, -0.25) is 4.79 Å². The highest BCUT2D eigenvalue weighted by molar-refractivity contribution is 5.95. The van der Waals surface area contributed by atoms with Gasteiger partial charge < -0.3 is 10.1 Å². The van der Waals surface area contributed by atoms with Crippen molar-refractivity contribution in [3.8, 4) is 0 Å². The van der Waals surface area contributed by atoms with Gasteiger partial charge in [0.05, 0.1) is 12.2 Å². The molecule has 2 aromatic rings. The zero-order chi connectivity index (χ0) is 16.7. The van der Waals surface area contributed by atoms with Gasteiger partial charge in [0.25, 0.3) is 0 Å². The van der Waals surface area contributed by atoms with Crippen LogP contribution in [0.3, 0.4) is 0 Å². The van der Waals surface area contributed by atoms with Crippen LogP contribution in [-0.4, -0.2) is 18.5 Å². The van der Waals surface area contributed by atoms with E-state index in [1.54, 1.807) is 25.1 Å². The molecule has 4 nitrogen and oxygen atoms in total. The highest BCUT2D eigenvalue weighted by Crippen LogP contribution is 2.18. The van der Waals surface area contributed by atoms with Crippen molar-refractivity contribution < 1.29 is 14.3 Å². The second kappa shape index (κ2) is 8.13. The summed E-state index contributed by atoms with van der Waals surface area (Å²) in [6.07, 6.45) is 1.08. The van der Waals surface area contributed by atoms with E-state index >= 15 is 0 Å². The molecule has 2 aromatic carbocycles. The predicted octanol–water partition coefficient (Wildman–Crippen LogP) is 3.74. The van der Waals surface area contributed by atoms with Gasteiger partial charge in [0.2, 0.25) is 5.91 Å². The summed E-state index contributed by atoms with van der Waals surface area (Å²) in [6.45, 7) is 3.98. The van der Waals surface area contributed by atoms with Crippen LogP contribution in [0, 0.1) is 6.92 Å². The van der Waals surface area contributed by atoms with Crippen molar-refractivity contribution in [3.05, 3.63) is 65.2 Å². The summed E-state index contributed by atoms with van der Waals surface area (Å²) < 4.78 is 4.98. The van der Waals surface area contributed by atoms with E-state index in [2.05, 4.69) is 5.32 Å². The van der Waals surface area contributed by atoms with Crippen molar-refractivity contribution in [2.24, 2.45) is 0 Å². The van der Waals surface area contributed by atoms with E-state index in [1.807, 2.05) is 37.3 Å². The minimum atomic E-state index is -0.382. The average Bonchev–Trinajstić information content (AvgIpc) is 2.56. The van der Waals surface area contributed by atoms with E-state index in [9.17, 15) is 9.59 Å². The third kappa shape index (κ3) is 4.95. The van der Waals surface area contributed by atoms with Crippen LogP contribution in [0.15, 0.2) is 48.5 Å². The Bertz CT molecular complexity index is 680. The molecular weight excluding hydrogens is 290 g/mol. The van der Waals surface area contributed by atoms with Crippen LogP contribution in [0.2, 0.25) is 0 Å². The number of esters is 1. The first-order valence-corrected chi connectivity index (χ1v) is 7.71. The molecule has 0 fully saturated rings. The van der Waals surface area contributed by atoms with E-state index in [0.717, 1.165) is 11.1 Å². The summed E-state index contributed by atoms with van der Waals surface area (Å²) in [5.74, 6) is -0.453. The maximum Gasteiger partial charge on any atom is 0.338 e. The first kappa shape index (κ1) is 16.7. The minimum absolute atomic E-state index is 0.0713. The van der Waals surface area contributed by atoms with Gasteiger partial charge >= 0.3 is 5.97 Å². The van der Waals surface area contributed by atoms with Crippen LogP contribution < -0.4 is 5.32 Å². The highest BCUT2D eigenvalue weighted by atomic mass is 16.5. The highest BCUT2D eigenvalue weighted by Gasteiger charge is 2.11. The number of carbonyl (C=O) groups is 2. The number of carbonyl (C=O) groups excluding carboxylic acids is 2. The molecule has 120 valence electrons. The van der Waals surface area contributed by atoms with Gasteiger partial charge in [0.1, 0.15) is 0 Å². The molecule has 4 heteroatoms. The predicted molar refractivity (Wildman–Crippen MR) is 90.5 cm³/mol. The molecule has 0 aliphatic carbocycles. The van der Waals surface area contributed by atoms with Gasteiger partial charge in [-0.25, -0.2) is 4.79 Å². The standard InChI is InChI=1S/C19H21NO3/c1-3-23-19(22)16-11-9-14(2)17(13-16)20-18(21)12-10-15-7-5-4-6-8-15/h4-9,11,13H,3,10,12H2,1-2H3,(H,20,21). The number of hydrogen-bond donors (Lipinski definition) is 1. The van der Waals surface area contributed by atoms with E-state index in [1.165, 1.54) is 0 Å². The van der Waals surface area contributed by atoms with Gasteiger partial charge in [-0.2, -0.15) is 0 Å². The molecule has 0 aliphatic heterocycles. The monoisotopic (exact) mass is 311 g/mol. The van der Waals surface area contributed by atoms with Gasteiger partial charge in [-0.05, 0) is 43.5 Å². The number of nitrogens with one attached hydrogen (secondary N) is 1. The van der Waals surface area contributed by atoms with E-state index in [0.29, 0.717) is 30.7 Å². The Balaban J connectivity index is 1.99. The Kier molecular flexibility index (Phi) is 5.92. The van der Waals surface area contributed by atoms with Crippen molar-refractivity contribution in [2.75, 3.05) is 11.9 Å². The molecule has 0 saturated carbocycles.